The highest BCUT2D eigenvalue weighted by molar-refractivity contribution is 6.34. The van der Waals surface area contributed by atoms with Gasteiger partial charge in [-0.15, -0.1) is 0 Å². The first-order valence-electron chi connectivity index (χ1n) is 7.39. The number of carbonyl (C=O) groups excluding carboxylic acids is 2. The van der Waals surface area contributed by atoms with E-state index in [1.807, 2.05) is 37.3 Å². The van der Waals surface area contributed by atoms with Crippen LogP contribution in [0.15, 0.2) is 42.5 Å². The van der Waals surface area contributed by atoms with Crippen molar-refractivity contribution in [2.75, 3.05) is 4.90 Å². The van der Waals surface area contributed by atoms with Crippen LogP contribution in [0.3, 0.4) is 0 Å². The second-order valence-electron chi connectivity index (χ2n) is 6.79. The minimum absolute atomic E-state index is 0.0393. The number of imide groups is 1. The molecule has 3 nitrogen and oxygen atoms in total. The van der Waals surface area contributed by atoms with Gasteiger partial charge in [0.15, 0.2) is 0 Å². The third kappa shape index (κ3) is 2.23. The average molecular weight is 293 g/mol. The summed E-state index contributed by atoms with van der Waals surface area (Å²) in [6.45, 7) is 8.31. The van der Waals surface area contributed by atoms with Gasteiger partial charge in [-0.05, 0) is 42.2 Å². The molecule has 0 fully saturated rings. The van der Waals surface area contributed by atoms with Gasteiger partial charge in [-0.25, -0.2) is 4.90 Å². The standard InChI is InChI=1S/C19H19NO2/c1-12-5-10-15-16(11-12)18(22)20(17(15)21)14-8-6-13(7-9-14)19(2,3)4/h5-11H,1-4H3. The van der Waals surface area contributed by atoms with Gasteiger partial charge in [-0.3, -0.25) is 9.59 Å². The van der Waals surface area contributed by atoms with E-state index in [9.17, 15) is 9.59 Å². The summed E-state index contributed by atoms with van der Waals surface area (Å²) in [5.74, 6) is -0.490. The van der Waals surface area contributed by atoms with Crippen molar-refractivity contribution in [3.05, 3.63) is 64.7 Å². The van der Waals surface area contributed by atoms with Crippen LogP contribution in [0.4, 0.5) is 5.69 Å². The van der Waals surface area contributed by atoms with Crippen LogP contribution < -0.4 is 4.90 Å². The molecule has 0 aromatic heterocycles. The lowest BCUT2D eigenvalue weighted by Crippen LogP contribution is -2.29. The lowest BCUT2D eigenvalue weighted by Gasteiger charge is -2.20. The molecular formula is C19H19NO2. The minimum atomic E-state index is -0.247. The summed E-state index contributed by atoms with van der Waals surface area (Å²) < 4.78 is 0. The van der Waals surface area contributed by atoms with E-state index in [0.717, 1.165) is 5.56 Å². The second-order valence-corrected chi connectivity index (χ2v) is 6.79. The van der Waals surface area contributed by atoms with Crippen molar-refractivity contribution in [1.29, 1.82) is 0 Å². The van der Waals surface area contributed by atoms with Gasteiger partial charge in [0.1, 0.15) is 0 Å². The van der Waals surface area contributed by atoms with Crippen LogP contribution in [0.5, 0.6) is 0 Å². The number of nitrogens with zero attached hydrogens (tertiary/aromatic N) is 1. The molecule has 0 spiro atoms. The van der Waals surface area contributed by atoms with Crippen molar-refractivity contribution >= 4 is 17.5 Å². The maximum atomic E-state index is 12.5. The molecule has 112 valence electrons. The predicted octanol–water partition coefficient (Wildman–Crippen LogP) is 4.09. The van der Waals surface area contributed by atoms with Crippen molar-refractivity contribution in [3.63, 3.8) is 0 Å². The Morgan fingerprint density at radius 2 is 1.41 bits per heavy atom. The monoisotopic (exact) mass is 293 g/mol. The van der Waals surface area contributed by atoms with Crippen LogP contribution in [-0.4, -0.2) is 11.8 Å². The van der Waals surface area contributed by atoms with E-state index in [2.05, 4.69) is 20.8 Å². The van der Waals surface area contributed by atoms with Gasteiger partial charge in [0, 0.05) is 0 Å². The van der Waals surface area contributed by atoms with E-state index < -0.39 is 0 Å². The molecule has 0 saturated carbocycles. The molecule has 2 amide bonds. The first-order chi connectivity index (χ1) is 10.3. The van der Waals surface area contributed by atoms with Crippen molar-refractivity contribution < 1.29 is 9.59 Å². The third-order valence-corrected chi connectivity index (χ3v) is 4.03. The minimum Gasteiger partial charge on any atom is -0.268 e. The SMILES string of the molecule is Cc1ccc2c(c1)C(=O)N(c1ccc(C(C)(C)C)cc1)C2=O. The maximum Gasteiger partial charge on any atom is 0.266 e. The van der Waals surface area contributed by atoms with Gasteiger partial charge in [0.2, 0.25) is 0 Å². The molecule has 0 N–H and O–H groups in total. The molecule has 22 heavy (non-hydrogen) atoms. The molecule has 0 saturated heterocycles. The number of hydrogen-bond donors (Lipinski definition) is 0. The molecule has 1 aliphatic rings. The topological polar surface area (TPSA) is 37.4 Å². The lowest BCUT2D eigenvalue weighted by atomic mass is 9.87. The van der Waals surface area contributed by atoms with Crippen LogP contribution in [-0.2, 0) is 5.41 Å². The largest absolute Gasteiger partial charge is 0.268 e. The van der Waals surface area contributed by atoms with E-state index >= 15 is 0 Å². The molecule has 3 heteroatoms. The Balaban J connectivity index is 2.00. The first kappa shape index (κ1) is 14.5. The number of aryl methyl sites for hydroxylation is 1. The number of hydrogen-bond acceptors (Lipinski definition) is 2. The van der Waals surface area contributed by atoms with Gasteiger partial charge in [0.25, 0.3) is 11.8 Å². The van der Waals surface area contributed by atoms with E-state index in [1.165, 1.54) is 10.5 Å². The van der Waals surface area contributed by atoms with Crippen LogP contribution in [0.2, 0.25) is 0 Å². The summed E-state index contributed by atoms with van der Waals surface area (Å²) in [6, 6.07) is 13.0. The first-order valence-corrected chi connectivity index (χ1v) is 7.39. The van der Waals surface area contributed by atoms with Crippen molar-refractivity contribution in [2.24, 2.45) is 0 Å². The lowest BCUT2D eigenvalue weighted by molar-refractivity contribution is 0.0926. The maximum absolute atomic E-state index is 12.5. The zero-order valence-corrected chi connectivity index (χ0v) is 13.3. The quantitative estimate of drug-likeness (QED) is 0.743. The van der Waals surface area contributed by atoms with Gasteiger partial charge in [-0.1, -0.05) is 44.5 Å². The van der Waals surface area contributed by atoms with E-state index in [4.69, 9.17) is 0 Å². The highest BCUT2D eigenvalue weighted by atomic mass is 16.2. The smallest absolute Gasteiger partial charge is 0.266 e. The van der Waals surface area contributed by atoms with Gasteiger partial charge < -0.3 is 0 Å². The van der Waals surface area contributed by atoms with Crippen molar-refractivity contribution in [2.45, 2.75) is 33.1 Å². The summed E-state index contributed by atoms with van der Waals surface area (Å²) in [5, 5.41) is 0. The van der Waals surface area contributed by atoms with E-state index in [0.29, 0.717) is 16.8 Å². The molecule has 0 radical (unpaired) electrons. The molecule has 3 rings (SSSR count). The molecule has 0 atom stereocenters. The average Bonchev–Trinajstić information content (AvgIpc) is 2.70. The fourth-order valence-corrected chi connectivity index (χ4v) is 2.70. The molecule has 0 aliphatic carbocycles. The Hall–Kier alpha value is -2.42. The highest BCUT2D eigenvalue weighted by Gasteiger charge is 2.36. The number of rotatable bonds is 1. The summed E-state index contributed by atoms with van der Waals surface area (Å²) in [6.07, 6.45) is 0. The summed E-state index contributed by atoms with van der Waals surface area (Å²) >= 11 is 0. The zero-order chi connectivity index (χ0) is 16.1. The van der Waals surface area contributed by atoms with Gasteiger partial charge in [-0.2, -0.15) is 0 Å². The molecule has 1 aliphatic heterocycles. The van der Waals surface area contributed by atoms with Crippen LogP contribution in [0, 0.1) is 6.92 Å². The summed E-state index contributed by atoms with van der Waals surface area (Å²) in [5.41, 5.74) is 3.78. The molecule has 0 unspecified atom stereocenters. The Labute approximate surface area is 130 Å². The Morgan fingerprint density at radius 1 is 0.818 bits per heavy atom. The molecule has 2 aromatic rings. The predicted molar refractivity (Wildman–Crippen MR) is 87.5 cm³/mol. The normalized spacial score (nSPS) is 14.5. The number of fused-ring (bicyclic) bond motifs is 1. The third-order valence-electron chi connectivity index (χ3n) is 4.03. The fraction of sp³-hybridized carbons (Fsp3) is 0.263. The zero-order valence-electron chi connectivity index (χ0n) is 13.3. The number of carbonyl (C=O) groups is 2. The van der Waals surface area contributed by atoms with E-state index in [-0.39, 0.29) is 17.2 Å². The molecule has 0 bridgehead atoms. The Kier molecular flexibility index (Phi) is 3.17. The van der Waals surface area contributed by atoms with Gasteiger partial charge >= 0.3 is 0 Å². The van der Waals surface area contributed by atoms with Gasteiger partial charge in [0.05, 0.1) is 16.8 Å². The van der Waals surface area contributed by atoms with Crippen LogP contribution in [0.1, 0.15) is 52.6 Å². The molecule has 2 aromatic carbocycles. The fourth-order valence-electron chi connectivity index (χ4n) is 2.70. The van der Waals surface area contributed by atoms with E-state index in [1.54, 1.807) is 12.1 Å². The van der Waals surface area contributed by atoms with Crippen molar-refractivity contribution in [3.8, 4) is 0 Å². The Morgan fingerprint density at radius 3 is 2.00 bits per heavy atom. The second kappa shape index (κ2) is 4.80. The summed E-state index contributed by atoms with van der Waals surface area (Å²) in [4.78, 5) is 26.3. The van der Waals surface area contributed by atoms with Crippen LogP contribution >= 0.6 is 0 Å². The number of amides is 2. The number of benzene rings is 2. The number of anilines is 1. The molecular weight excluding hydrogens is 274 g/mol. The highest BCUT2D eigenvalue weighted by Crippen LogP contribution is 2.31. The van der Waals surface area contributed by atoms with Crippen LogP contribution in [0.25, 0.3) is 0 Å². The van der Waals surface area contributed by atoms with Crippen molar-refractivity contribution in [1.82, 2.24) is 0 Å². The molecule has 1 heterocycles. The summed E-state index contributed by atoms with van der Waals surface area (Å²) in [7, 11) is 0. The Bertz CT molecular complexity index is 767.